The second-order valence-corrected chi connectivity index (χ2v) is 7.75. The molecule has 1 aromatic rings. The quantitative estimate of drug-likeness (QED) is 0.599. The van der Waals surface area contributed by atoms with Gasteiger partial charge in [0, 0.05) is 10.7 Å². The van der Waals surface area contributed by atoms with Gasteiger partial charge in [-0.15, -0.1) is 28.5 Å². The van der Waals surface area contributed by atoms with Crippen molar-refractivity contribution in [3.63, 3.8) is 0 Å². The number of alkyl halides is 1. The molecule has 0 bridgehead atoms. The molecule has 2 atom stereocenters. The second-order valence-electron chi connectivity index (χ2n) is 4.26. The number of β-lactam (4-membered cyclic amide) rings is 1. The average molecular weight is 365 g/mol. The number of nitrogens with zero attached hydrogens (tertiary/aromatic N) is 3. The summed E-state index contributed by atoms with van der Waals surface area (Å²) in [7, 11) is 0. The fourth-order valence-corrected chi connectivity index (χ4v) is 5.68. The predicted octanol–water partition coefficient (Wildman–Crippen LogP) is 0.908. The molecule has 1 aromatic heterocycles. The molecular weight excluding hydrogens is 356 g/mol. The summed E-state index contributed by atoms with van der Waals surface area (Å²) >= 11 is 9.64. The number of amides is 1. The summed E-state index contributed by atoms with van der Waals surface area (Å²) in [5.74, 6) is -0.804. The molecule has 1 fully saturated rings. The first kappa shape index (κ1) is 15.1. The third-order valence-corrected chi connectivity index (χ3v) is 6.82. The van der Waals surface area contributed by atoms with Gasteiger partial charge in [-0.05, 0) is 11.5 Å². The number of carbonyl (C=O) groups excluding carboxylic acids is 1. The van der Waals surface area contributed by atoms with Gasteiger partial charge in [0.1, 0.15) is 27.0 Å². The van der Waals surface area contributed by atoms with E-state index in [0.29, 0.717) is 16.4 Å². The van der Waals surface area contributed by atoms with Gasteiger partial charge in [0.2, 0.25) is 5.91 Å². The zero-order valence-corrected chi connectivity index (χ0v) is 13.6. The van der Waals surface area contributed by atoms with E-state index < -0.39 is 12.0 Å². The maximum Gasteiger partial charge on any atom is 0.353 e. The highest BCUT2D eigenvalue weighted by molar-refractivity contribution is 8.07. The number of aromatic nitrogens is 2. The Morgan fingerprint density at radius 1 is 1.62 bits per heavy atom. The number of carboxylic acid groups (broad SMARTS) is 1. The van der Waals surface area contributed by atoms with Gasteiger partial charge in [0.15, 0.2) is 0 Å². The van der Waals surface area contributed by atoms with Crippen molar-refractivity contribution in [2.45, 2.75) is 21.5 Å². The molecule has 0 saturated carbocycles. The molecule has 3 rings (SSSR count). The van der Waals surface area contributed by atoms with Gasteiger partial charge in [-0.25, -0.2) is 4.79 Å². The van der Waals surface area contributed by atoms with Gasteiger partial charge in [-0.2, -0.15) is 0 Å². The van der Waals surface area contributed by atoms with Gasteiger partial charge < -0.3 is 10.8 Å². The van der Waals surface area contributed by atoms with Gasteiger partial charge in [0.05, 0.1) is 5.88 Å². The van der Waals surface area contributed by atoms with E-state index in [2.05, 4.69) is 9.59 Å². The van der Waals surface area contributed by atoms with Crippen molar-refractivity contribution in [1.29, 1.82) is 0 Å². The first-order chi connectivity index (χ1) is 10.0. The summed E-state index contributed by atoms with van der Waals surface area (Å²) in [6.07, 6.45) is 0. The molecule has 11 heteroatoms. The molecule has 3 heterocycles. The highest BCUT2D eigenvalue weighted by Gasteiger charge is 2.52. The monoisotopic (exact) mass is 364 g/mol. The molecule has 0 unspecified atom stereocenters. The van der Waals surface area contributed by atoms with E-state index in [1.807, 2.05) is 0 Å². The van der Waals surface area contributed by atoms with Crippen molar-refractivity contribution in [1.82, 2.24) is 14.5 Å². The molecule has 0 spiro atoms. The van der Waals surface area contributed by atoms with Gasteiger partial charge in [-0.1, -0.05) is 16.3 Å². The van der Waals surface area contributed by atoms with Crippen molar-refractivity contribution in [2.24, 2.45) is 5.73 Å². The fraction of sp³-hybridized carbons (Fsp3) is 0.400. The van der Waals surface area contributed by atoms with Crippen molar-refractivity contribution >= 4 is 58.5 Å². The number of fused-ring (bicyclic) bond motifs is 1. The minimum absolute atomic E-state index is 0.00405. The first-order valence-electron chi connectivity index (χ1n) is 5.76. The number of carboxylic acids is 1. The lowest BCUT2D eigenvalue weighted by Crippen LogP contribution is -2.68. The number of nitrogens with two attached hydrogens (primary N) is 1. The molecule has 2 aliphatic heterocycles. The van der Waals surface area contributed by atoms with Crippen LogP contribution in [0, 0.1) is 0 Å². The van der Waals surface area contributed by atoms with E-state index in [9.17, 15) is 14.7 Å². The highest BCUT2D eigenvalue weighted by Crippen LogP contribution is 2.45. The van der Waals surface area contributed by atoms with Crippen LogP contribution in [0.3, 0.4) is 0 Å². The number of halogens is 1. The predicted molar refractivity (Wildman–Crippen MR) is 81.1 cm³/mol. The second kappa shape index (κ2) is 5.76. The van der Waals surface area contributed by atoms with Crippen LogP contribution in [0.2, 0.25) is 0 Å². The Labute approximate surface area is 137 Å². The van der Waals surface area contributed by atoms with Crippen molar-refractivity contribution < 1.29 is 14.7 Å². The Morgan fingerprint density at radius 3 is 3.05 bits per heavy atom. The van der Waals surface area contributed by atoms with Crippen molar-refractivity contribution in [2.75, 3.05) is 5.75 Å². The number of hydrogen-bond acceptors (Lipinski definition) is 8. The third kappa shape index (κ3) is 2.44. The fourth-order valence-electron chi connectivity index (χ4n) is 2.04. The van der Waals surface area contributed by atoms with E-state index in [-0.39, 0.29) is 22.9 Å². The van der Waals surface area contributed by atoms with Crippen LogP contribution in [0.1, 0.15) is 5.69 Å². The highest BCUT2D eigenvalue weighted by atomic mass is 35.5. The van der Waals surface area contributed by atoms with E-state index in [0.717, 1.165) is 15.7 Å². The summed E-state index contributed by atoms with van der Waals surface area (Å²) in [6, 6.07) is -0.626. The number of thioether (sulfide) groups is 2. The van der Waals surface area contributed by atoms with Gasteiger partial charge >= 0.3 is 5.97 Å². The first-order valence-corrected chi connectivity index (χ1v) is 8.93. The van der Waals surface area contributed by atoms with E-state index in [1.54, 1.807) is 0 Å². The normalized spacial score (nSPS) is 24.9. The van der Waals surface area contributed by atoms with Crippen LogP contribution in [0.25, 0.3) is 0 Å². The smallest absolute Gasteiger partial charge is 0.353 e. The molecule has 2 aliphatic rings. The largest absolute Gasteiger partial charge is 0.477 e. The van der Waals surface area contributed by atoms with E-state index >= 15 is 0 Å². The molecule has 3 N–H and O–H groups in total. The summed E-state index contributed by atoms with van der Waals surface area (Å²) < 4.78 is 4.56. The summed E-state index contributed by atoms with van der Waals surface area (Å²) in [4.78, 5) is 25.2. The summed E-state index contributed by atoms with van der Waals surface area (Å²) in [5.41, 5.74) is 6.31. The topological polar surface area (TPSA) is 109 Å². The maximum atomic E-state index is 11.8. The minimum atomic E-state index is -1.13. The zero-order chi connectivity index (χ0) is 15.1. The van der Waals surface area contributed by atoms with E-state index in [4.69, 9.17) is 17.3 Å². The average Bonchev–Trinajstić information content (AvgIpc) is 2.92. The zero-order valence-electron chi connectivity index (χ0n) is 10.4. The number of rotatable bonds is 4. The number of carbonyl (C=O) groups is 2. The standard InChI is InChI=1S/C10H9ClN4O3S3/c11-1-3-10(21-14-13-3)20-4-2-19-8-5(12)7(16)15(8)6(4)9(17)18/h5,8H,1-2,12H2,(H,17,18)/t5-,8-/m1/s1. The molecular formula is C10H9ClN4O3S3. The Kier molecular flexibility index (Phi) is 4.14. The van der Waals surface area contributed by atoms with Crippen LogP contribution in [0.4, 0.5) is 0 Å². The van der Waals surface area contributed by atoms with Crippen molar-refractivity contribution in [3.05, 3.63) is 16.3 Å². The van der Waals surface area contributed by atoms with Crippen LogP contribution < -0.4 is 5.73 Å². The Bertz CT molecular complexity index is 649. The Morgan fingerprint density at radius 2 is 2.38 bits per heavy atom. The van der Waals surface area contributed by atoms with Crippen molar-refractivity contribution in [3.8, 4) is 0 Å². The van der Waals surface area contributed by atoms with E-state index in [1.165, 1.54) is 28.4 Å². The maximum absolute atomic E-state index is 11.8. The molecule has 1 amide bonds. The van der Waals surface area contributed by atoms with Gasteiger partial charge in [0.25, 0.3) is 0 Å². The molecule has 7 nitrogen and oxygen atoms in total. The number of hydrogen-bond donors (Lipinski definition) is 2. The SMILES string of the molecule is N[C@@H]1C(=O)N2C(C(=O)O)=C(Sc3snnc3CCl)CS[C@H]12. The summed E-state index contributed by atoms with van der Waals surface area (Å²) in [5, 5.41) is 13.0. The third-order valence-electron chi connectivity index (χ3n) is 3.04. The summed E-state index contributed by atoms with van der Waals surface area (Å²) in [6.45, 7) is 0. The molecule has 21 heavy (non-hydrogen) atoms. The molecule has 0 aromatic carbocycles. The van der Waals surface area contributed by atoms with Crippen LogP contribution >= 0.6 is 46.7 Å². The molecule has 0 aliphatic carbocycles. The lowest BCUT2D eigenvalue weighted by Gasteiger charge is -2.47. The van der Waals surface area contributed by atoms with Crippen LogP contribution in [0.5, 0.6) is 0 Å². The Hall–Kier alpha value is -0.810. The molecule has 112 valence electrons. The lowest BCUT2D eigenvalue weighted by atomic mass is 10.1. The minimum Gasteiger partial charge on any atom is -0.477 e. The van der Waals surface area contributed by atoms with Crippen LogP contribution in [-0.4, -0.2) is 48.6 Å². The molecule has 0 radical (unpaired) electrons. The number of aliphatic carboxylic acids is 1. The van der Waals surface area contributed by atoms with Crippen LogP contribution in [0.15, 0.2) is 14.8 Å². The van der Waals surface area contributed by atoms with Gasteiger partial charge in [-0.3, -0.25) is 9.69 Å². The molecule has 1 saturated heterocycles. The lowest BCUT2D eigenvalue weighted by molar-refractivity contribution is -0.147. The van der Waals surface area contributed by atoms with Crippen LogP contribution in [-0.2, 0) is 15.5 Å². The Balaban J connectivity index is 1.95.